The number of rotatable bonds is 5. The number of amides is 1. The molecule has 0 saturated heterocycles. The second-order valence-corrected chi connectivity index (χ2v) is 5.63. The van der Waals surface area contributed by atoms with E-state index in [1.807, 2.05) is 6.07 Å². The van der Waals surface area contributed by atoms with Gasteiger partial charge in [0.2, 0.25) is 5.91 Å². The predicted molar refractivity (Wildman–Crippen MR) is 79.6 cm³/mol. The van der Waals surface area contributed by atoms with Gasteiger partial charge in [0, 0.05) is 18.5 Å². The Morgan fingerprint density at radius 3 is 2.95 bits per heavy atom. The first-order chi connectivity index (χ1) is 10.1. The summed E-state index contributed by atoms with van der Waals surface area (Å²) in [5.41, 5.74) is 6.73. The molecule has 0 aliphatic heterocycles. The first kappa shape index (κ1) is 15.8. The Labute approximate surface area is 124 Å². The maximum Gasteiger partial charge on any atom is 0.223 e. The van der Waals surface area contributed by atoms with Crippen molar-refractivity contribution in [3.05, 3.63) is 29.6 Å². The molecule has 0 spiro atoms. The van der Waals surface area contributed by atoms with Gasteiger partial charge in [0.15, 0.2) is 11.6 Å². The fourth-order valence-corrected chi connectivity index (χ4v) is 2.81. The zero-order valence-corrected chi connectivity index (χ0v) is 12.4. The zero-order chi connectivity index (χ0) is 15.2. The molecule has 2 atom stereocenters. The number of benzene rings is 1. The molecule has 1 aliphatic carbocycles. The highest BCUT2D eigenvalue weighted by Crippen LogP contribution is 2.23. The number of methoxy groups -OCH3 is 1. The van der Waals surface area contributed by atoms with E-state index in [1.165, 1.54) is 13.2 Å². The van der Waals surface area contributed by atoms with E-state index in [4.69, 9.17) is 10.5 Å². The SMILES string of the molecule is COc1ccc(CCNC(=O)C2CCCC(N)C2)cc1F. The number of ether oxygens (including phenoxy) is 1. The van der Waals surface area contributed by atoms with Crippen LogP contribution in [0.15, 0.2) is 18.2 Å². The van der Waals surface area contributed by atoms with E-state index in [0.717, 1.165) is 31.2 Å². The molecule has 1 amide bonds. The van der Waals surface area contributed by atoms with Crippen molar-refractivity contribution in [3.63, 3.8) is 0 Å². The molecule has 1 saturated carbocycles. The van der Waals surface area contributed by atoms with E-state index in [0.29, 0.717) is 13.0 Å². The zero-order valence-electron chi connectivity index (χ0n) is 12.4. The lowest BCUT2D eigenvalue weighted by Gasteiger charge is -2.25. The monoisotopic (exact) mass is 294 g/mol. The normalized spacial score (nSPS) is 21.9. The number of hydrogen-bond acceptors (Lipinski definition) is 3. The van der Waals surface area contributed by atoms with Crippen LogP contribution in [0.25, 0.3) is 0 Å². The Bertz CT molecular complexity index is 493. The predicted octanol–water partition coefficient (Wildman–Crippen LogP) is 2.01. The average molecular weight is 294 g/mol. The van der Waals surface area contributed by atoms with E-state index in [9.17, 15) is 9.18 Å². The number of carbonyl (C=O) groups is 1. The summed E-state index contributed by atoms with van der Waals surface area (Å²) in [5.74, 6) is -0.0425. The van der Waals surface area contributed by atoms with Gasteiger partial charge in [-0.1, -0.05) is 12.5 Å². The van der Waals surface area contributed by atoms with Crippen molar-refractivity contribution < 1.29 is 13.9 Å². The maximum atomic E-state index is 13.5. The fourth-order valence-electron chi connectivity index (χ4n) is 2.81. The van der Waals surface area contributed by atoms with Gasteiger partial charge >= 0.3 is 0 Å². The second-order valence-electron chi connectivity index (χ2n) is 5.63. The summed E-state index contributed by atoms with van der Waals surface area (Å²) in [7, 11) is 1.44. The Hall–Kier alpha value is -1.62. The summed E-state index contributed by atoms with van der Waals surface area (Å²) in [6.07, 6.45) is 4.31. The lowest BCUT2D eigenvalue weighted by molar-refractivity contribution is -0.126. The van der Waals surface area contributed by atoms with Gasteiger partial charge in [0.1, 0.15) is 0 Å². The first-order valence-electron chi connectivity index (χ1n) is 7.46. The van der Waals surface area contributed by atoms with Crippen LogP contribution in [-0.4, -0.2) is 25.6 Å². The van der Waals surface area contributed by atoms with Crippen LogP contribution in [0.5, 0.6) is 5.75 Å². The van der Waals surface area contributed by atoms with E-state index in [-0.39, 0.29) is 29.4 Å². The van der Waals surface area contributed by atoms with Gasteiger partial charge in [0.05, 0.1) is 7.11 Å². The van der Waals surface area contributed by atoms with Crippen molar-refractivity contribution >= 4 is 5.91 Å². The smallest absolute Gasteiger partial charge is 0.223 e. The van der Waals surface area contributed by atoms with Crippen LogP contribution in [0.4, 0.5) is 4.39 Å². The van der Waals surface area contributed by atoms with Gasteiger partial charge < -0.3 is 15.8 Å². The Morgan fingerprint density at radius 2 is 2.29 bits per heavy atom. The third-order valence-corrected chi connectivity index (χ3v) is 4.01. The summed E-state index contributed by atoms with van der Waals surface area (Å²) < 4.78 is 18.4. The third kappa shape index (κ3) is 4.43. The van der Waals surface area contributed by atoms with Crippen molar-refractivity contribution in [2.75, 3.05) is 13.7 Å². The molecule has 0 aromatic heterocycles. The number of carbonyl (C=O) groups excluding carboxylic acids is 1. The Balaban J connectivity index is 1.78. The number of nitrogens with two attached hydrogens (primary N) is 1. The summed E-state index contributed by atoms with van der Waals surface area (Å²) in [6.45, 7) is 0.510. The van der Waals surface area contributed by atoms with Gasteiger partial charge in [0.25, 0.3) is 0 Å². The van der Waals surface area contributed by atoms with E-state index >= 15 is 0 Å². The molecule has 21 heavy (non-hydrogen) atoms. The van der Waals surface area contributed by atoms with Gasteiger partial charge in [-0.2, -0.15) is 0 Å². The molecular weight excluding hydrogens is 271 g/mol. The Kier molecular flexibility index (Phi) is 5.56. The molecule has 0 bridgehead atoms. The lowest BCUT2D eigenvalue weighted by Crippen LogP contribution is -2.38. The minimum absolute atomic E-state index is 0.0290. The molecule has 116 valence electrons. The van der Waals surface area contributed by atoms with Crippen molar-refractivity contribution in [1.82, 2.24) is 5.32 Å². The van der Waals surface area contributed by atoms with Crippen LogP contribution in [0.1, 0.15) is 31.2 Å². The minimum Gasteiger partial charge on any atom is -0.494 e. The first-order valence-corrected chi connectivity index (χ1v) is 7.46. The molecule has 0 heterocycles. The number of hydrogen-bond donors (Lipinski definition) is 2. The quantitative estimate of drug-likeness (QED) is 0.873. The van der Waals surface area contributed by atoms with Crippen LogP contribution in [0.2, 0.25) is 0 Å². The highest BCUT2D eigenvalue weighted by atomic mass is 19.1. The second kappa shape index (κ2) is 7.41. The highest BCUT2D eigenvalue weighted by molar-refractivity contribution is 5.78. The van der Waals surface area contributed by atoms with Crippen molar-refractivity contribution in [2.45, 2.75) is 38.1 Å². The van der Waals surface area contributed by atoms with Crippen LogP contribution in [0, 0.1) is 11.7 Å². The molecule has 0 radical (unpaired) electrons. The third-order valence-electron chi connectivity index (χ3n) is 4.01. The largest absolute Gasteiger partial charge is 0.494 e. The van der Waals surface area contributed by atoms with Gasteiger partial charge in [-0.25, -0.2) is 4.39 Å². The molecule has 2 rings (SSSR count). The highest BCUT2D eigenvalue weighted by Gasteiger charge is 2.24. The summed E-state index contributed by atoms with van der Waals surface area (Å²) >= 11 is 0. The molecule has 1 aliphatic rings. The summed E-state index contributed by atoms with van der Waals surface area (Å²) in [5, 5.41) is 2.92. The minimum atomic E-state index is -0.375. The maximum absolute atomic E-state index is 13.5. The summed E-state index contributed by atoms with van der Waals surface area (Å²) in [6, 6.07) is 5.00. The van der Waals surface area contributed by atoms with E-state index in [2.05, 4.69) is 5.32 Å². The van der Waals surface area contributed by atoms with E-state index < -0.39 is 0 Å². The number of halogens is 1. The molecule has 1 aromatic carbocycles. The topological polar surface area (TPSA) is 64.3 Å². The van der Waals surface area contributed by atoms with Crippen LogP contribution in [-0.2, 0) is 11.2 Å². The average Bonchev–Trinajstić information content (AvgIpc) is 2.47. The molecule has 1 fully saturated rings. The fraction of sp³-hybridized carbons (Fsp3) is 0.562. The van der Waals surface area contributed by atoms with Crippen molar-refractivity contribution in [1.29, 1.82) is 0 Å². The molecule has 1 aromatic rings. The standard InChI is InChI=1S/C16H23FN2O2/c1-21-15-6-5-11(9-14(15)17)7-8-19-16(20)12-3-2-4-13(18)10-12/h5-6,9,12-13H,2-4,7-8,10,18H2,1H3,(H,19,20). The molecule has 5 heteroatoms. The number of nitrogens with one attached hydrogen (secondary N) is 1. The van der Waals surface area contributed by atoms with Gasteiger partial charge in [-0.15, -0.1) is 0 Å². The molecule has 3 N–H and O–H groups in total. The molecule has 2 unspecified atom stereocenters. The van der Waals surface area contributed by atoms with Crippen molar-refractivity contribution in [2.24, 2.45) is 11.7 Å². The van der Waals surface area contributed by atoms with Crippen molar-refractivity contribution in [3.8, 4) is 5.75 Å². The van der Waals surface area contributed by atoms with Gasteiger partial charge in [-0.3, -0.25) is 4.79 Å². The van der Waals surface area contributed by atoms with Gasteiger partial charge in [-0.05, 0) is 43.4 Å². The summed E-state index contributed by atoms with van der Waals surface area (Å²) in [4.78, 5) is 12.0. The Morgan fingerprint density at radius 1 is 1.48 bits per heavy atom. The van der Waals surface area contributed by atoms with Crippen LogP contribution < -0.4 is 15.8 Å². The lowest BCUT2D eigenvalue weighted by atomic mass is 9.85. The molecular formula is C16H23FN2O2. The molecule has 4 nitrogen and oxygen atoms in total. The van der Waals surface area contributed by atoms with E-state index in [1.54, 1.807) is 6.07 Å². The van der Waals surface area contributed by atoms with Crippen LogP contribution >= 0.6 is 0 Å². The van der Waals surface area contributed by atoms with Crippen LogP contribution in [0.3, 0.4) is 0 Å².